The van der Waals surface area contributed by atoms with Gasteiger partial charge in [-0.25, -0.2) is 4.79 Å². The maximum atomic E-state index is 11.5. The number of hydrogen-bond donors (Lipinski definition) is 0. The lowest BCUT2D eigenvalue weighted by Gasteiger charge is -2.18. The van der Waals surface area contributed by atoms with Crippen LogP contribution >= 0.6 is 0 Å². The smallest absolute Gasteiger partial charge is 0.330 e. The van der Waals surface area contributed by atoms with Crippen LogP contribution in [0.15, 0.2) is 24.3 Å². The Hall–Kier alpha value is -1.82. The Balaban J connectivity index is 3.19. The Morgan fingerprint density at radius 2 is 1.93 bits per heavy atom. The average Bonchev–Trinajstić information content (AvgIpc) is 2.27. The van der Waals surface area contributed by atoms with E-state index in [9.17, 15) is 4.79 Å². The number of ether oxygens (including phenoxy) is 1. The normalized spacial score (nSPS) is 13.7. The van der Waals surface area contributed by atoms with Gasteiger partial charge < -0.3 is 4.74 Å². The number of hydrogen-bond acceptors (Lipinski definition) is 3. The monoisotopic (exact) mass is 203 g/mol. The van der Waals surface area contributed by atoms with E-state index in [4.69, 9.17) is 5.26 Å². The molecule has 78 valence electrons. The lowest BCUT2D eigenvalue weighted by Crippen LogP contribution is -2.32. The Kier molecular flexibility index (Phi) is 3.11. The second-order valence-electron chi connectivity index (χ2n) is 3.59. The first kappa shape index (κ1) is 11.3. The molecule has 1 unspecified atom stereocenters. The van der Waals surface area contributed by atoms with Gasteiger partial charge in [0.05, 0.1) is 13.2 Å². The van der Waals surface area contributed by atoms with E-state index in [0.29, 0.717) is 5.56 Å². The molecule has 0 bridgehead atoms. The third kappa shape index (κ3) is 1.99. The van der Waals surface area contributed by atoms with Crippen molar-refractivity contribution in [1.29, 1.82) is 5.26 Å². The number of carbonyl (C=O) groups is 1. The lowest BCUT2D eigenvalue weighted by atomic mass is 9.84. The molecule has 0 aliphatic heterocycles. The minimum Gasteiger partial charge on any atom is -0.468 e. The highest BCUT2D eigenvalue weighted by atomic mass is 16.5. The fourth-order valence-electron chi connectivity index (χ4n) is 1.32. The third-order valence-corrected chi connectivity index (χ3v) is 2.45. The van der Waals surface area contributed by atoms with Crippen LogP contribution in [0.1, 0.15) is 18.1 Å². The highest BCUT2D eigenvalue weighted by Crippen LogP contribution is 2.24. The molecule has 0 aliphatic carbocycles. The molecular weight excluding hydrogens is 190 g/mol. The van der Waals surface area contributed by atoms with Crippen molar-refractivity contribution in [3.05, 3.63) is 35.4 Å². The lowest BCUT2D eigenvalue weighted by molar-refractivity contribution is -0.144. The quantitative estimate of drug-likeness (QED) is 0.690. The molecular formula is C12H13NO2. The van der Waals surface area contributed by atoms with Crippen molar-refractivity contribution in [3.63, 3.8) is 0 Å². The molecule has 0 N–H and O–H groups in total. The van der Waals surface area contributed by atoms with Crippen molar-refractivity contribution in [2.75, 3.05) is 7.11 Å². The molecule has 0 fully saturated rings. The van der Waals surface area contributed by atoms with Gasteiger partial charge in [0.15, 0.2) is 5.41 Å². The molecule has 0 radical (unpaired) electrons. The summed E-state index contributed by atoms with van der Waals surface area (Å²) in [5, 5.41) is 9.06. The zero-order valence-corrected chi connectivity index (χ0v) is 9.07. The first-order chi connectivity index (χ1) is 7.04. The van der Waals surface area contributed by atoms with Gasteiger partial charge >= 0.3 is 5.97 Å². The summed E-state index contributed by atoms with van der Waals surface area (Å²) >= 11 is 0. The van der Waals surface area contributed by atoms with E-state index in [1.54, 1.807) is 19.1 Å². The fraction of sp³-hybridized carbons (Fsp3) is 0.333. The highest BCUT2D eigenvalue weighted by molar-refractivity contribution is 5.86. The summed E-state index contributed by atoms with van der Waals surface area (Å²) in [5.74, 6) is -0.533. The van der Waals surface area contributed by atoms with Crippen LogP contribution in [0.25, 0.3) is 0 Å². The zero-order valence-electron chi connectivity index (χ0n) is 9.07. The van der Waals surface area contributed by atoms with Crippen molar-refractivity contribution < 1.29 is 9.53 Å². The maximum absolute atomic E-state index is 11.5. The maximum Gasteiger partial charge on any atom is 0.330 e. The molecule has 3 nitrogen and oxygen atoms in total. The predicted molar refractivity (Wildman–Crippen MR) is 56.2 cm³/mol. The van der Waals surface area contributed by atoms with E-state index >= 15 is 0 Å². The van der Waals surface area contributed by atoms with E-state index in [1.165, 1.54) is 7.11 Å². The number of benzene rings is 1. The van der Waals surface area contributed by atoms with Crippen LogP contribution in [-0.4, -0.2) is 13.1 Å². The van der Waals surface area contributed by atoms with Gasteiger partial charge in [0.25, 0.3) is 0 Å². The van der Waals surface area contributed by atoms with Crippen LogP contribution in [-0.2, 0) is 14.9 Å². The Labute approximate surface area is 89.3 Å². The van der Waals surface area contributed by atoms with Gasteiger partial charge in [-0.1, -0.05) is 29.8 Å². The summed E-state index contributed by atoms with van der Waals surface area (Å²) in [5.41, 5.74) is 0.522. The summed E-state index contributed by atoms with van der Waals surface area (Å²) in [4.78, 5) is 11.5. The van der Waals surface area contributed by atoms with Crippen LogP contribution in [0.5, 0.6) is 0 Å². The Morgan fingerprint density at radius 1 is 1.40 bits per heavy atom. The molecule has 1 rings (SSSR count). The second kappa shape index (κ2) is 4.14. The summed E-state index contributed by atoms with van der Waals surface area (Å²) < 4.78 is 4.63. The minimum atomic E-state index is -1.22. The van der Waals surface area contributed by atoms with Crippen molar-refractivity contribution >= 4 is 5.97 Å². The molecule has 0 spiro atoms. The highest BCUT2D eigenvalue weighted by Gasteiger charge is 2.36. The number of nitriles is 1. The number of methoxy groups -OCH3 is 1. The predicted octanol–water partition coefficient (Wildman–Crippen LogP) is 1.95. The molecule has 0 aromatic heterocycles. The van der Waals surface area contributed by atoms with Gasteiger partial charge in [-0.2, -0.15) is 5.26 Å². The Bertz CT molecular complexity index is 403. The van der Waals surface area contributed by atoms with Gasteiger partial charge in [-0.15, -0.1) is 0 Å². The van der Waals surface area contributed by atoms with Crippen LogP contribution in [0.4, 0.5) is 0 Å². The van der Waals surface area contributed by atoms with E-state index < -0.39 is 11.4 Å². The van der Waals surface area contributed by atoms with Crippen molar-refractivity contribution in [2.24, 2.45) is 0 Å². The van der Waals surface area contributed by atoms with E-state index in [0.717, 1.165) is 5.56 Å². The van der Waals surface area contributed by atoms with Gasteiger partial charge in [0.1, 0.15) is 0 Å². The SMILES string of the molecule is COC(=O)C(C)(C#N)c1ccc(C)cc1. The molecule has 3 heteroatoms. The van der Waals surface area contributed by atoms with E-state index in [-0.39, 0.29) is 0 Å². The zero-order chi connectivity index (χ0) is 11.5. The molecule has 15 heavy (non-hydrogen) atoms. The molecule has 1 aromatic rings. The summed E-state index contributed by atoms with van der Waals surface area (Å²) in [6, 6.07) is 9.27. The van der Waals surface area contributed by atoms with Crippen LogP contribution in [0.2, 0.25) is 0 Å². The van der Waals surface area contributed by atoms with Gasteiger partial charge in [0.2, 0.25) is 0 Å². The molecule has 0 saturated carbocycles. The number of rotatable bonds is 2. The molecule has 1 atom stereocenters. The number of aryl methyl sites for hydroxylation is 1. The third-order valence-electron chi connectivity index (χ3n) is 2.45. The van der Waals surface area contributed by atoms with Gasteiger partial charge in [0, 0.05) is 0 Å². The average molecular weight is 203 g/mol. The van der Waals surface area contributed by atoms with Gasteiger partial charge in [-0.05, 0) is 19.4 Å². The molecule has 0 heterocycles. The van der Waals surface area contributed by atoms with Crippen LogP contribution < -0.4 is 0 Å². The summed E-state index contributed by atoms with van der Waals surface area (Å²) in [7, 11) is 1.28. The number of carbonyl (C=O) groups excluding carboxylic acids is 1. The summed E-state index contributed by atoms with van der Waals surface area (Å²) in [6.07, 6.45) is 0. The molecule has 0 saturated heterocycles. The van der Waals surface area contributed by atoms with E-state index in [2.05, 4.69) is 4.74 Å². The summed E-state index contributed by atoms with van der Waals surface area (Å²) in [6.45, 7) is 3.51. The van der Waals surface area contributed by atoms with E-state index in [1.807, 2.05) is 25.1 Å². The largest absolute Gasteiger partial charge is 0.468 e. The molecule has 0 amide bonds. The number of esters is 1. The topological polar surface area (TPSA) is 50.1 Å². The van der Waals surface area contributed by atoms with Crippen molar-refractivity contribution in [2.45, 2.75) is 19.3 Å². The Morgan fingerprint density at radius 3 is 2.33 bits per heavy atom. The van der Waals surface area contributed by atoms with Crippen molar-refractivity contribution in [3.8, 4) is 6.07 Å². The van der Waals surface area contributed by atoms with Crippen LogP contribution in [0.3, 0.4) is 0 Å². The standard InChI is InChI=1S/C12H13NO2/c1-9-4-6-10(7-5-9)12(2,8-13)11(14)15-3/h4-7H,1-3H3. The van der Waals surface area contributed by atoms with Crippen molar-refractivity contribution in [1.82, 2.24) is 0 Å². The second-order valence-corrected chi connectivity index (χ2v) is 3.59. The fourth-order valence-corrected chi connectivity index (χ4v) is 1.32. The first-order valence-corrected chi connectivity index (χ1v) is 4.61. The molecule has 0 aliphatic rings. The molecule has 1 aromatic carbocycles. The first-order valence-electron chi connectivity index (χ1n) is 4.61. The van der Waals surface area contributed by atoms with Crippen LogP contribution in [0, 0.1) is 18.3 Å². The van der Waals surface area contributed by atoms with Gasteiger partial charge in [-0.3, -0.25) is 0 Å². The number of nitrogens with zero attached hydrogens (tertiary/aromatic N) is 1. The minimum absolute atomic E-state index is 0.533.